The number of ether oxygens (including phenoxy) is 4. The van der Waals surface area contributed by atoms with E-state index in [9.17, 15) is 9.59 Å². The first-order valence-corrected chi connectivity index (χ1v) is 30.3. The van der Waals surface area contributed by atoms with Gasteiger partial charge in [0.05, 0.1) is 60.4 Å². The Balaban J connectivity index is 0.945. The van der Waals surface area contributed by atoms with Crippen molar-refractivity contribution in [2.24, 2.45) is 23.2 Å². The van der Waals surface area contributed by atoms with E-state index in [0.29, 0.717) is 52.2 Å². The van der Waals surface area contributed by atoms with E-state index >= 15 is 4.79 Å². The SMILES string of the molecule is CO[C@@H](C)c1ncc(N2CCN(C3CC3)CC2)cc1-c1c2c3cc(ccc3n1CCOC1CCOCC1)-c1csc(n1)[C@@H](N1CCCC1)[C@H](NC(=O)[C@@H]1[C@@H](C)[C@H]1c1ccccn1)C(=O)N1CC3CC(C3)(N1)C(=O)OCC(C)(C)C2. The highest BCUT2D eigenvalue weighted by molar-refractivity contribution is 7.10. The molecular weight excluding hydrogens is 1020 g/mol. The van der Waals surface area contributed by atoms with Crippen molar-refractivity contribution in [1.82, 2.24) is 45.1 Å². The van der Waals surface area contributed by atoms with Crippen LogP contribution in [0.3, 0.4) is 0 Å². The maximum atomic E-state index is 15.5. The van der Waals surface area contributed by atoms with Gasteiger partial charge in [-0.1, -0.05) is 32.9 Å². The monoisotopic (exact) mass is 1090 g/mol. The summed E-state index contributed by atoms with van der Waals surface area (Å²) in [5, 5.41) is 8.95. The van der Waals surface area contributed by atoms with E-state index in [-0.39, 0.29) is 60.3 Å². The van der Waals surface area contributed by atoms with Gasteiger partial charge in [0.15, 0.2) is 0 Å². The molecule has 17 nitrogen and oxygen atoms in total. The van der Waals surface area contributed by atoms with Crippen LogP contribution < -0.4 is 15.6 Å². The molecule has 1 spiro atoms. The number of fused-ring (bicyclic) bond motifs is 4. The molecule has 2 amide bonds. The summed E-state index contributed by atoms with van der Waals surface area (Å²) in [4.78, 5) is 68.0. The van der Waals surface area contributed by atoms with Crippen LogP contribution in [0.15, 0.2) is 60.2 Å². The van der Waals surface area contributed by atoms with Crippen LogP contribution >= 0.6 is 11.3 Å². The summed E-state index contributed by atoms with van der Waals surface area (Å²) in [6.07, 6.45) is 11.6. The number of methoxy groups -OCH3 is 1. The van der Waals surface area contributed by atoms with Gasteiger partial charge in [0.25, 0.3) is 5.91 Å². The summed E-state index contributed by atoms with van der Waals surface area (Å²) >= 11 is 1.54. The average Bonchev–Trinajstić information content (AvgIpc) is 4.41. The molecule has 10 heterocycles. The topological polar surface area (TPSA) is 169 Å². The van der Waals surface area contributed by atoms with Crippen LogP contribution in [0.2, 0.25) is 0 Å². The Kier molecular flexibility index (Phi) is 14.4. The molecule has 3 aliphatic carbocycles. The Morgan fingerprint density at radius 1 is 0.975 bits per heavy atom. The molecular formula is C61H78N10O7S. The summed E-state index contributed by atoms with van der Waals surface area (Å²) in [6.45, 7) is 17.1. The summed E-state index contributed by atoms with van der Waals surface area (Å²) in [7, 11) is 1.75. The molecule has 6 aliphatic heterocycles. The van der Waals surface area contributed by atoms with Gasteiger partial charge in [0.1, 0.15) is 16.6 Å². The third kappa shape index (κ3) is 10.3. The molecule has 2 N–H and O–H groups in total. The Labute approximate surface area is 468 Å². The van der Waals surface area contributed by atoms with Crippen molar-refractivity contribution in [3.8, 4) is 22.5 Å². The molecule has 8 fully saturated rings. The number of nitrogens with zero attached hydrogens (tertiary/aromatic N) is 8. The lowest BCUT2D eigenvalue weighted by Gasteiger charge is -2.55. The number of hydrogen-bond donors (Lipinski definition) is 2. The third-order valence-corrected chi connectivity index (χ3v) is 19.7. The van der Waals surface area contributed by atoms with Crippen LogP contribution in [0.4, 0.5) is 5.69 Å². The number of piperazine rings is 1. The fourth-order valence-electron chi connectivity index (χ4n) is 14.2. The standard InChI is InChI=1S/C61H78N10O7S/c1-37-50(47-10-6-7-17-62-47)51(37)56(72)65-53-55(69-18-8-9-19-69)57-64-48(35-79-57)40-11-14-49-44(28-40)46(32-60(3,4)36-78-59(74)61-30-39(31-61)34-71(66-61)58(53)73)54(70(49)24-27-77-43-15-25-76-26-16-43)45-29-42(33-63-52(45)38(2)75-5)68-22-20-67(21-23-68)41-12-13-41/h6-7,10-11,14,17,28-29,33,35,37-39,41,43,50-51,53,55,66H,8-9,12-13,15-16,18-27,30-32,34,36H2,1-5H3,(H,65,72)/t37-,38-,39?,50-,51+,53-,55-,61?/m0/s1. The number of amides is 2. The Bertz CT molecular complexity index is 3060. The van der Waals surface area contributed by atoms with Crippen LogP contribution in [0.5, 0.6) is 0 Å². The molecule has 4 aromatic heterocycles. The van der Waals surface area contributed by atoms with Gasteiger partial charge in [0.2, 0.25) is 5.91 Å². The average molecular weight is 1100 g/mol. The van der Waals surface area contributed by atoms with Crippen molar-refractivity contribution in [2.75, 3.05) is 84.3 Å². The van der Waals surface area contributed by atoms with Crippen LogP contribution in [-0.2, 0) is 46.3 Å². The molecule has 18 heteroatoms. The zero-order valence-corrected chi connectivity index (χ0v) is 47.5. The van der Waals surface area contributed by atoms with E-state index in [4.69, 9.17) is 28.9 Å². The van der Waals surface area contributed by atoms with E-state index in [1.807, 2.05) is 24.4 Å². The number of nitrogens with one attached hydrogen (secondary N) is 2. The number of rotatable bonds is 13. The first-order valence-electron chi connectivity index (χ1n) is 29.4. The largest absolute Gasteiger partial charge is 0.464 e. The van der Waals surface area contributed by atoms with Crippen molar-refractivity contribution < 1.29 is 33.3 Å². The normalized spacial score (nSPS) is 29.0. The lowest BCUT2D eigenvalue weighted by atomic mass is 9.66. The van der Waals surface area contributed by atoms with Crippen LogP contribution in [0.25, 0.3) is 33.4 Å². The number of cyclic esters (lactones) is 1. The van der Waals surface area contributed by atoms with E-state index < -0.39 is 23.0 Å². The zero-order chi connectivity index (χ0) is 54.2. The number of hydrazine groups is 1. The second kappa shape index (κ2) is 21.5. The minimum atomic E-state index is -1.07. The second-order valence-corrected chi connectivity index (χ2v) is 25.8. The molecule has 7 bridgehead atoms. The molecule has 0 radical (unpaired) electrons. The number of hydrogen-bond acceptors (Lipinski definition) is 15. The Morgan fingerprint density at radius 2 is 1.77 bits per heavy atom. The Morgan fingerprint density at radius 3 is 2.52 bits per heavy atom. The van der Waals surface area contributed by atoms with E-state index in [1.165, 1.54) is 12.8 Å². The highest BCUT2D eigenvalue weighted by Crippen LogP contribution is 2.54. The molecule has 420 valence electrons. The number of likely N-dealkylation sites (tertiary alicyclic amines) is 1. The van der Waals surface area contributed by atoms with E-state index in [1.54, 1.807) is 29.7 Å². The maximum Gasteiger partial charge on any atom is 0.328 e. The van der Waals surface area contributed by atoms with Gasteiger partial charge < -0.3 is 33.7 Å². The van der Waals surface area contributed by atoms with Gasteiger partial charge in [-0.2, -0.15) is 0 Å². The van der Waals surface area contributed by atoms with Crippen molar-refractivity contribution >= 4 is 45.7 Å². The van der Waals surface area contributed by atoms with Crippen molar-refractivity contribution in [2.45, 2.75) is 134 Å². The molecule has 14 rings (SSSR count). The lowest BCUT2D eigenvalue weighted by molar-refractivity contribution is -0.180. The number of carbonyl (C=O) groups is 3. The van der Waals surface area contributed by atoms with Crippen LogP contribution in [0, 0.1) is 23.2 Å². The van der Waals surface area contributed by atoms with E-state index in [2.05, 4.69) is 92.3 Å². The van der Waals surface area contributed by atoms with Crippen LogP contribution in [-0.4, -0.2) is 155 Å². The number of esters is 1. The van der Waals surface area contributed by atoms with Crippen molar-refractivity contribution in [3.05, 3.63) is 82.2 Å². The smallest absolute Gasteiger partial charge is 0.328 e. The van der Waals surface area contributed by atoms with Crippen molar-refractivity contribution in [1.29, 1.82) is 0 Å². The summed E-state index contributed by atoms with van der Waals surface area (Å²) in [6, 6.07) is 14.1. The van der Waals surface area contributed by atoms with Gasteiger partial charge in [-0.05, 0) is 126 Å². The molecule has 9 aliphatic rings. The van der Waals surface area contributed by atoms with Gasteiger partial charge in [-0.3, -0.25) is 34.4 Å². The van der Waals surface area contributed by atoms with Crippen LogP contribution in [0.1, 0.15) is 119 Å². The number of thiazole rings is 1. The number of benzene rings is 1. The molecule has 0 unspecified atom stereocenters. The number of pyridine rings is 2. The number of aromatic nitrogens is 4. The number of anilines is 1. The zero-order valence-electron chi connectivity index (χ0n) is 46.7. The van der Waals surface area contributed by atoms with Gasteiger partial charge in [0, 0.05) is 122 Å². The predicted octanol–water partition coefficient (Wildman–Crippen LogP) is 7.70. The van der Waals surface area contributed by atoms with Gasteiger partial charge >= 0.3 is 5.97 Å². The summed E-state index contributed by atoms with van der Waals surface area (Å²) in [5.41, 5.74) is 10.7. The van der Waals surface area contributed by atoms with Gasteiger partial charge in [-0.15, -0.1) is 11.3 Å². The lowest BCUT2D eigenvalue weighted by Crippen LogP contribution is -2.75. The second-order valence-electron chi connectivity index (χ2n) is 24.9. The molecule has 6 atom stereocenters. The maximum absolute atomic E-state index is 15.5. The van der Waals surface area contributed by atoms with Crippen molar-refractivity contribution in [3.63, 3.8) is 0 Å². The highest BCUT2D eigenvalue weighted by atomic mass is 32.1. The van der Waals surface area contributed by atoms with Gasteiger partial charge in [-0.25, -0.2) is 15.2 Å². The minimum absolute atomic E-state index is 0.0482. The fourth-order valence-corrected chi connectivity index (χ4v) is 15.2. The Hall–Kier alpha value is -5.34. The number of carbonyl (C=O) groups excluding carboxylic acids is 3. The summed E-state index contributed by atoms with van der Waals surface area (Å²) in [5.74, 6) is -1.02. The predicted molar refractivity (Wildman–Crippen MR) is 302 cm³/mol. The molecule has 1 aromatic carbocycles. The first-order chi connectivity index (χ1) is 38.3. The van der Waals surface area contributed by atoms with E-state index in [0.717, 1.165) is 132 Å². The minimum Gasteiger partial charge on any atom is -0.464 e. The highest BCUT2D eigenvalue weighted by Gasteiger charge is 2.59. The quantitative estimate of drug-likeness (QED) is 0.110. The third-order valence-electron chi connectivity index (χ3n) is 18.8. The fraction of sp³-hybridized carbons (Fsp3) is 0.607. The molecule has 5 aromatic rings. The first kappa shape index (κ1) is 53.0. The molecule has 3 saturated carbocycles. The molecule has 79 heavy (non-hydrogen) atoms. The summed E-state index contributed by atoms with van der Waals surface area (Å²) < 4.78 is 27.5. The molecule has 5 saturated heterocycles.